The van der Waals surface area contributed by atoms with Gasteiger partial charge < -0.3 is 5.32 Å². The molecule has 1 aromatic carbocycles. The maximum atomic E-state index is 5.91. The van der Waals surface area contributed by atoms with Crippen molar-refractivity contribution in [3.05, 3.63) is 49.1 Å². The maximum absolute atomic E-state index is 5.91. The molecule has 0 unspecified atom stereocenters. The first-order valence-electron chi connectivity index (χ1n) is 5.31. The third kappa shape index (κ3) is 3.24. The zero-order valence-electron chi connectivity index (χ0n) is 9.68. The highest BCUT2D eigenvalue weighted by atomic mass is 79.9. The number of halogens is 2. The van der Waals surface area contributed by atoms with Gasteiger partial charge in [-0.25, -0.2) is 0 Å². The Kier molecular flexibility index (Phi) is 4.13. The lowest BCUT2D eigenvalue weighted by atomic mass is 10.1. The van der Waals surface area contributed by atoms with Crippen molar-refractivity contribution >= 4 is 44.6 Å². The molecule has 0 amide bonds. The summed E-state index contributed by atoms with van der Waals surface area (Å²) in [4.78, 5) is 1.24. The molecule has 17 heavy (non-hydrogen) atoms. The molecule has 0 spiro atoms. The molecule has 2 rings (SSSR count). The maximum Gasteiger partial charge on any atom is 0.0931 e. The lowest BCUT2D eigenvalue weighted by molar-refractivity contribution is 1.17. The van der Waals surface area contributed by atoms with Gasteiger partial charge in [-0.1, -0.05) is 17.7 Å². The molecule has 4 heteroatoms. The molecule has 1 aromatic heterocycles. The second-order valence-corrected chi connectivity index (χ2v) is 6.65. The molecule has 0 aliphatic rings. The minimum Gasteiger partial charge on any atom is -0.379 e. The summed E-state index contributed by atoms with van der Waals surface area (Å²) in [5.41, 5.74) is 3.67. The molecule has 1 N–H and O–H groups in total. The number of nitrogens with one attached hydrogen (secondary N) is 1. The van der Waals surface area contributed by atoms with E-state index in [9.17, 15) is 0 Å². The first-order chi connectivity index (χ1) is 8.06. The van der Waals surface area contributed by atoms with Gasteiger partial charge in [-0.2, -0.15) is 0 Å². The fourth-order valence-corrected chi connectivity index (χ4v) is 3.60. The average Bonchev–Trinajstić information content (AvgIpc) is 2.62. The second-order valence-electron chi connectivity index (χ2n) is 4.00. The van der Waals surface area contributed by atoms with Crippen LogP contribution in [-0.2, 0) is 6.54 Å². The SMILES string of the molecule is Cc1cc(C)c(NCc2ccc(Cl)s2)c(Br)c1. The Hall–Kier alpha value is -0.510. The summed E-state index contributed by atoms with van der Waals surface area (Å²) in [5, 5.41) is 3.44. The Bertz CT molecular complexity index is 513. The van der Waals surface area contributed by atoms with Crippen molar-refractivity contribution in [2.75, 3.05) is 5.32 Å². The third-order valence-electron chi connectivity index (χ3n) is 2.50. The summed E-state index contributed by atoms with van der Waals surface area (Å²) in [6.07, 6.45) is 0. The summed E-state index contributed by atoms with van der Waals surface area (Å²) in [6, 6.07) is 8.28. The topological polar surface area (TPSA) is 12.0 Å². The monoisotopic (exact) mass is 329 g/mol. The molecule has 1 heterocycles. The second kappa shape index (κ2) is 5.42. The molecular formula is C13H13BrClNS. The Labute approximate surface area is 119 Å². The van der Waals surface area contributed by atoms with E-state index in [0.29, 0.717) is 0 Å². The smallest absolute Gasteiger partial charge is 0.0931 e. The van der Waals surface area contributed by atoms with Gasteiger partial charge >= 0.3 is 0 Å². The van der Waals surface area contributed by atoms with Crippen molar-refractivity contribution < 1.29 is 0 Å². The zero-order chi connectivity index (χ0) is 12.4. The predicted molar refractivity (Wildman–Crippen MR) is 80.3 cm³/mol. The van der Waals surface area contributed by atoms with E-state index in [-0.39, 0.29) is 0 Å². The van der Waals surface area contributed by atoms with Gasteiger partial charge in [0.25, 0.3) is 0 Å². The van der Waals surface area contributed by atoms with Gasteiger partial charge in [0.2, 0.25) is 0 Å². The molecule has 0 saturated heterocycles. The van der Waals surface area contributed by atoms with E-state index in [1.54, 1.807) is 11.3 Å². The van der Waals surface area contributed by atoms with E-state index in [2.05, 4.69) is 53.3 Å². The molecule has 0 radical (unpaired) electrons. The quantitative estimate of drug-likeness (QED) is 0.795. The van der Waals surface area contributed by atoms with Gasteiger partial charge in [0, 0.05) is 15.9 Å². The number of rotatable bonds is 3. The van der Waals surface area contributed by atoms with Crippen LogP contribution in [0.4, 0.5) is 5.69 Å². The molecule has 90 valence electrons. The number of thiophene rings is 1. The fraction of sp³-hybridized carbons (Fsp3) is 0.231. The number of aryl methyl sites for hydroxylation is 2. The molecule has 0 aliphatic heterocycles. The van der Waals surface area contributed by atoms with Crippen LogP contribution in [0.1, 0.15) is 16.0 Å². The lowest BCUT2D eigenvalue weighted by Crippen LogP contribution is -2.00. The average molecular weight is 331 g/mol. The molecule has 1 nitrogen and oxygen atoms in total. The van der Waals surface area contributed by atoms with Crippen LogP contribution in [0.25, 0.3) is 0 Å². The Balaban J connectivity index is 2.14. The van der Waals surface area contributed by atoms with Gasteiger partial charge in [-0.15, -0.1) is 11.3 Å². The number of benzene rings is 1. The Morgan fingerprint density at radius 1 is 1.29 bits per heavy atom. The van der Waals surface area contributed by atoms with Gasteiger partial charge in [0.15, 0.2) is 0 Å². The molecular weight excluding hydrogens is 318 g/mol. The first kappa shape index (κ1) is 12.9. The standard InChI is InChI=1S/C13H13BrClNS/c1-8-5-9(2)13(11(14)6-8)16-7-10-3-4-12(15)17-10/h3-6,16H,7H2,1-2H3. The highest BCUT2D eigenvalue weighted by molar-refractivity contribution is 9.10. The van der Waals surface area contributed by atoms with E-state index in [0.717, 1.165) is 21.0 Å². The minimum absolute atomic E-state index is 0.805. The van der Waals surface area contributed by atoms with Crippen LogP contribution in [0.3, 0.4) is 0 Å². The van der Waals surface area contributed by atoms with Crippen LogP contribution in [0, 0.1) is 13.8 Å². The first-order valence-corrected chi connectivity index (χ1v) is 7.30. The zero-order valence-corrected chi connectivity index (χ0v) is 12.8. The van der Waals surface area contributed by atoms with Crippen molar-refractivity contribution in [3.8, 4) is 0 Å². The van der Waals surface area contributed by atoms with Crippen LogP contribution in [0.15, 0.2) is 28.7 Å². The van der Waals surface area contributed by atoms with Crippen molar-refractivity contribution in [3.63, 3.8) is 0 Å². The van der Waals surface area contributed by atoms with Crippen molar-refractivity contribution in [2.45, 2.75) is 20.4 Å². The van der Waals surface area contributed by atoms with Crippen LogP contribution in [-0.4, -0.2) is 0 Å². The summed E-state index contributed by atoms with van der Waals surface area (Å²) >= 11 is 11.1. The minimum atomic E-state index is 0.805. The van der Waals surface area contributed by atoms with E-state index >= 15 is 0 Å². The van der Waals surface area contributed by atoms with Crippen molar-refractivity contribution in [1.82, 2.24) is 0 Å². The number of hydrogen-bond acceptors (Lipinski definition) is 2. The van der Waals surface area contributed by atoms with Gasteiger partial charge in [-0.3, -0.25) is 0 Å². The Morgan fingerprint density at radius 3 is 2.65 bits per heavy atom. The van der Waals surface area contributed by atoms with Crippen LogP contribution >= 0.6 is 38.9 Å². The molecule has 2 aromatic rings. The highest BCUT2D eigenvalue weighted by Crippen LogP contribution is 2.29. The normalized spacial score (nSPS) is 10.6. The lowest BCUT2D eigenvalue weighted by Gasteiger charge is -2.12. The largest absolute Gasteiger partial charge is 0.379 e. The van der Waals surface area contributed by atoms with Crippen LogP contribution in [0.2, 0.25) is 4.34 Å². The van der Waals surface area contributed by atoms with E-state index in [1.807, 2.05) is 6.07 Å². The molecule has 0 fully saturated rings. The third-order valence-corrected chi connectivity index (χ3v) is 4.36. The molecule has 0 aliphatic carbocycles. The van der Waals surface area contributed by atoms with E-state index < -0.39 is 0 Å². The summed E-state index contributed by atoms with van der Waals surface area (Å²) in [6.45, 7) is 5.02. The summed E-state index contributed by atoms with van der Waals surface area (Å²) in [5.74, 6) is 0. The van der Waals surface area contributed by atoms with Gasteiger partial charge in [0.05, 0.1) is 10.0 Å². The highest BCUT2D eigenvalue weighted by Gasteiger charge is 2.05. The van der Waals surface area contributed by atoms with E-state index in [4.69, 9.17) is 11.6 Å². The van der Waals surface area contributed by atoms with Gasteiger partial charge in [-0.05, 0) is 59.1 Å². The number of anilines is 1. The van der Waals surface area contributed by atoms with Crippen molar-refractivity contribution in [2.24, 2.45) is 0 Å². The van der Waals surface area contributed by atoms with E-state index in [1.165, 1.54) is 16.0 Å². The van der Waals surface area contributed by atoms with Crippen LogP contribution in [0.5, 0.6) is 0 Å². The summed E-state index contributed by atoms with van der Waals surface area (Å²) < 4.78 is 1.94. The molecule has 0 bridgehead atoms. The predicted octanol–water partition coefficient (Wildman–Crippen LogP) is 5.39. The Morgan fingerprint density at radius 2 is 2.06 bits per heavy atom. The number of hydrogen-bond donors (Lipinski definition) is 1. The van der Waals surface area contributed by atoms with Gasteiger partial charge in [0.1, 0.15) is 0 Å². The van der Waals surface area contributed by atoms with Crippen molar-refractivity contribution in [1.29, 1.82) is 0 Å². The summed E-state index contributed by atoms with van der Waals surface area (Å²) in [7, 11) is 0. The molecule has 0 atom stereocenters. The fourth-order valence-electron chi connectivity index (χ4n) is 1.76. The molecule has 0 saturated carbocycles. The van der Waals surface area contributed by atoms with Crippen LogP contribution < -0.4 is 5.32 Å².